The van der Waals surface area contributed by atoms with Gasteiger partial charge in [0.25, 0.3) is 5.91 Å². The van der Waals surface area contributed by atoms with Gasteiger partial charge in [0.2, 0.25) is 0 Å². The van der Waals surface area contributed by atoms with Gasteiger partial charge in [-0.1, -0.05) is 12.1 Å². The second-order valence-electron chi connectivity index (χ2n) is 5.42. The van der Waals surface area contributed by atoms with E-state index >= 15 is 0 Å². The third-order valence-corrected chi connectivity index (χ3v) is 3.73. The molecule has 0 saturated carbocycles. The van der Waals surface area contributed by atoms with E-state index in [1.54, 1.807) is 25.1 Å². The van der Waals surface area contributed by atoms with Gasteiger partial charge >= 0.3 is 6.61 Å². The first kappa shape index (κ1) is 18.2. The molecular weight excluding hydrogens is 360 g/mol. The monoisotopic (exact) mass is 375 g/mol. The van der Waals surface area contributed by atoms with Gasteiger partial charge < -0.3 is 14.8 Å². The molecule has 0 radical (unpaired) electrons. The second kappa shape index (κ2) is 7.77. The van der Waals surface area contributed by atoms with E-state index in [2.05, 4.69) is 25.6 Å². The molecule has 27 heavy (non-hydrogen) atoms. The van der Waals surface area contributed by atoms with Gasteiger partial charge in [0.15, 0.2) is 11.5 Å². The van der Waals surface area contributed by atoms with Crippen LogP contribution in [0.3, 0.4) is 0 Å². The first-order chi connectivity index (χ1) is 13.0. The van der Waals surface area contributed by atoms with Crippen molar-refractivity contribution in [2.24, 2.45) is 0 Å². The van der Waals surface area contributed by atoms with E-state index in [0.717, 1.165) is 5.56 Å². The molecule has 3 aromatic rings. The molecule has 3 rings (SSSR count). The molecule has 0 atom stereocenters. The Balaban J connectivity index is 1.93. The molecule has 8 nitrogen and oxygen atoms in total. The smallest absolute Gasteiger partial charge is 0.387 e. The summed E-state index contributed by atoms with van der Waals surface area (Å²) in [5.41, 5.74) is 1.77. The van der Waals surface area contributed by atoms with Crippen molar-refractivity contribution in [2.45, 2.75) is 13.5 Å². The van der Waals surface area contributed by atoms with Crippen molar-refractivity contribution in [2.75, 3.05) is 12.4 Å². The highest BCUT2D eigenvalue weighted by molar-refractivity contribution is 6.07. The number of tetrazole rings is 1. The number of aryl methyl sites for hydroxylation is 1. The molecule has 0 unspecified atom stereocenters. The Morgan fingerprint density at radius 3 is 2.74 bits per heavy atom. The maximum absolute atomic E-state index is 12.8. The number of alkyl halides is 2. The van der Waals surface area contributed by atoms with Crippen molar-refractivity contribution < 1.29 is 23.0 Å². The van der Waals surface area contributed by atoms with Crippen LogP contribution in [0.15, 0.2) is 42.7 Å². The van der Waals surface area contributed by atoms with Crippen molar-refractivity contribution in [3.05, 3.63) is 53.9 Å². The first-order valence-corrected chi connectivity index (χ1v) is 7.76. The molecule has 0 fully saturated rings. The molecule has 1 aromatic heterocycles. The number of anilines is 1. The van der Waals surface area contributed by atoms with E-state index in [4.69, 9.17) is 4.74 Å². The second-order valence-corrected chi connectivity index (χ2v) is 5.42. The van der Waals surface area contributed by atoms with E-state index in [1.807, 2.05) is 0 Å². The Bertz CT molecular complexity index is 948. The maximum atomic E-state index is 12.8. The Labute approximate surface area is 152 Å². The quantitative estimate of drug-likeness (QED) is 0.712. The SMILES string of the molecule is COc1cccc(C(=O)Nc2cc(-n3cnnn3)ccc2C)c1OC(F)F. The number of hydrogen-bond donors (Lipinski definition) is 1. The van der Waals surface area contributed by atoms with E-state index in [1.165, 1.54) is 36.3 Å². The lowest BCUT2D eigenvalue weighted by molar-refractivity contribution is -0.0515. The average molecular weight is 375 g/mol. The minimum Gasteiger partial charge on any atom is -0.493 e. The Kier molecular flexibility index (Phi) is 5.25. The van der Waals surface area contributed by atoms with Crippen LogP contribution >= 0.6 is 0 Å². The maximum Gasteiger partial charge on any atom is 0.387 e. The average Bonchev–Trinajstić information content (AvgIpc) is 3.18. The number of para-hydroxylation sites is 1. The van der Waals surface area contributed by atoms with Gasteiger partial charge in [0.1, 0.15) is 6.33 Å². The molecule has 0 aliphatic rings. The van der Waals surface area contributed by atoms with Gasteiger partial charge in [-0.25, -0.2) is 4.68 Å². The highest BCUT2D eigenvalue weighted by Crippen LogP contribution is 2.33. The molecule has 0 spiro atoms. The molecule has 0 bridgehead atoms. The topological polar surface area (TPSA) is 91.2 Å². The number of benzene rings is 2. The molecular formula is C17H15F2N5O3. The number of nitrogens with one attached hydrogen (secondary N) is 1. The number of hydrogen-bond acceptors (Lipinski definition) is 6. The predicted octanol–water partition coefficient (Wildman–Crippen LogP) is 2.83. The third-order valence-electron chi connectivity index (χ3n) is 3.73. The molecule has 10 heteroatoms. The van der Waals surface area contributed by atoms with Crippen LogP contribution in [0.2, 0.25) is 0 Å². The van der Waals surface area contributed by atoms with Crippen molar-refractivity contribution in [3.63, 3.8) is 0 Å². The normalized spacial score (nSPS) is 10.7. The molecule has 2 aromatic carbocycles. The molecule has 1 amide bonds. The Hall–Kier alpha value is -3.56. The zero-order valence-corrected chi connectivity index (χ0v) is 14.4. The van der Waals surface area contributed by atoms with Crippen molar-refractivity contribution >= 4 is 11.6 Å². The lowest BCUT2D eigenvalue weighted by Crippen LogP contribution is -2.16. The largest absolute Gasteiger partial charge is 0.493 e. The molecule has 0 aliphatic heterocycles. The third kappa shape index (κ3) is 4.00. The number of halogens is 2. The van der Waals surface area contributed by atoms with Gasteiger partial charge in [0.05, 0.1) is 18.4 Å². The van der Waals surface area contributed by atoms with Crippen molar-refractivity contribution in [1.82, 2.24) is 20.2 Å². The number of carbonyl (C=O) groups excluding carboxylic acids is 1. The summed E-state index contributed by atoms with van der Waals surface area (Å²) >= 11 is 0. The van der Waals surface area contributed by atoms with Gasteiger partial charge in [-0.15, -0.1) is 5.10 Å². The molecule has 140 valence electrons. The van der Waals surface area contributed by atoms with E-state index in [9.17, 15) is 13.6 Å². The summed E-state index contributed by atoms with van der Waals surface area (Å²) in [6.07, 6.45) is 1.41. The number of nitrogens with zero attached hydrogens (tertiary/aromatic N) is 4. The van der Waals surface area contributed by atoms with Crippen molar-refractivity contribution in [1.29, 1.82) is 0 Å². The number of ether oxygens (including phenoxy) is 2. The summed E-state index contributed by atoms with van der Waals surface area (Å²) in [5.74, 6) is -0.926. The Morgan fingerprint density at radius 2 is 2.07 bits per heavy atom. The van der Waals surface area contributed by atoms with Crippen LogP contribution in [-0.2, 0) is 0 Å². The van der Waals surface area contributed by atoms with E-state index < -0.39 is 12.5 Å². The van der Waals surface area contributed by atoms with Gasteiger partial charge in [-0.2, -0.15) is 8.78 Å². The minimum atomic E-state index is -3.10. The van der Waals surface area contributed by atoms with Gasteiger partial charge in [-0.3, -0.25) is 4.79 Å². The van der Waals surface area contributed by atoms with E-state index in [-0.39, 0.29) is 17.1 Å². The number of aromatic nitrogens is 4. The molecule has 0 aliphatic carbocycles. The van der Waals surface area contributed by atoms with Crippen LogP contribution in [0.1, 0.15) is 15.9 Å². The standard InChI is InChI=1S/C17H15F2N5O3/c1-10-6-7-11(24-9-20-22-23-24)8-13(10)21-16(25)12-4-3-5-14(26-2)15(12)27-17(18)19/h3-9,17H,1-2H3,(H,21,25). The summed E-state index contributed by atoms with van der Waals surface area (Å²) in [6, 6.07) is 9.52. The van der Waals surface area contributed by atoms with E-state index in [0.29, 0.717) is 11.4 Å². The summed E-state index contributed by atoms with van der Waals surface area (Å²) in [6.45, 7) is -1.31. The minimum absolute atomic E-state index is 0.0297. The predicted molar refractivity (Wildman–Crippen MR) is 91.5 cm³/mol. The highest BCUT2D eigenvalue weighted by atomic mass is 19.3. The lowest BCUT2D eigenvalue weighted by Gasteiger charge is -2.15. The summed E-state index contributed by atoms with van der Waals surface area (Å²) in [4.78, 5) is 12.7. The van der Waals surface area contributed by atoms with Crippen LogP contribution in [0, 0.1) is 6.92 Å². The van der Waals surface area contributed by atoms with Crippen LogP contribution in [-0.4, -0.2) is 39.8 Å². The summed E-state index contributed by atoms with van der Waals surface area (Å²) in [5, 5.41) is 13.6. The summed E-state index contributed by atoms with van der Waals surface area (Å²) in [7, 11) is 1.30. The fourth-order valence-corrected chi connectivity index (χ4v) is 2.42. The van der Waals surface area contributed by atoms with Crippen molar-refractivity contribution in [3.8, 4) is 17.2 Å². The molecule has 1 N–H and O–H groups in total. The zero-order chi connectivity index (χ0) is 19.4. The molecule has 0 saturated heterocycles. The fourth-order valence-electron chi connectivity index (χ4n) is 2.42. The zero-order valence-electron chi connectivity index (χ0n) is 14.4. The number of methoxy groups -OCH3 is 1. The lowest BCUT2D eigenvalue weighted by atomic mass is 10.1. The highest BCUT2D eigenvalue weighted by Gasteiger charge is 2.21. The fraction of sp³-hybridized carbons (Fsp3) is 0.176. The number of carbonyl (C=O) groups is 1. The van der Waals surface area contributed by atoms with Crippen LogP contribution in [0.25, 0.3) is 5.69 Å². The number of amides is 1. The Morgan fingerprint density at radius 1 is 1.26 bits per heavy atom. The first-order valence-electron chi connectivity index (χ1n) is 7.76. The molecule has 1 heterocycles. The van der Waals surface area contributed by atoms with Crippen LogP contribution in [0.5, 0.6) is 11.5 Å². The van der Waals surface area contributed by atoms with Gasteiger partial charge in [-0.05, 0) is 47.2 Å². The van der Waals surface area contributed by atoms with Crippen LogP contribution < -0.4 is 14.8 Å². The van der Waals surface area contributed by atoms with Gasteiger partial charge in [0, 0.05) is 5.69 Å². The van der Waals surface area contributed by atoms with Crippen LogP contribution in [0.4, 0.5) is 14.5 Å². The summed E-state index contributed by atoms with van der Waals surface area (Å²) < 4.78 is 36.4. The number of rotatable bonds is 6.